The fourth-order valence-corrected chi connectivity index (χ4v) is 9.19. The minimum atomic E-state index is -3.60. The zero-order chi connectivity index (χ0) is 53.8. The standard InChI is InChI=1S/C30H29N5O7.C22H31ClN6O4S/c1-17-13-22(14-18(2)25(17)36)30(38)41-16-40-15-31-23-9-5-20(6-10-23)27-32-28-26(19(3)33-35(28)34-27)42-24-11-7-21(8-12-24)29(37)39-4;1-16-20(23)22-26-21(28-29(22)27-16)17-8-10-19(11-9-17)25-14-32-15-33-34(30,31)13-5-12-24-18-6-3-2-4-7-18/h5-14,31,33,36H,15-16H2,1-4H3;8-11,18,24-25,27H,2-7,12-15H2,1H3. The Hall–Kier alpha value is -7.54. The number of hydrogen-bond acceptors (Lipinski definition) is 18. The van der Waals surface area contributed by atoms with Gasteiger partial charge in [-0.15, -0.1) is 14.8 Å². The molecule has 76 heavy (non-hydrogen) atoms. The molecule has 0 spiro atoms. The Morgan fingerprint density at radius 3 is 1.89 bits per heavy atom. The maximum atomic E-state index is 12.2. The number of phenols is 1. The number of rotatable bonds is 22. The molecule has 0 saturated heterocycles. The molecule has 4 aromatic carbocycles. The second-order valence-corrected chi connectivity index (χ2v) is 20.1. The van der Waals surface area contributed by atoms with Crippen LogP contribution in [0.5, 0.6) is 17.2 Å². The monoisotopic (exact) mass is 1080 g/mol. The number of aromatic nitrogens is 8. The van der Waals surface area contributed by atoms with Gasteiger partial charge >= 0.3 is 11.9 Å². The summed E-state index contributed by atoms with van der Waals surface area (Å²) < 4.78 is 58.6. The number of aromatic amines is 2. The zero-order valence-corrected chi connectivity index (χ0v) is 44.2. The van der Waals surface area contributed by atoms with E-state index >= 15 is 0 Å². The maximum Gasteiger partial charge on any atom is 0.340 e. The van der Waals surface area contributed by atoms with E-state index in [1.54, 1.807) is 59.5 Å². The Morgan fingerprint density at radius 1 is 0.737 bits per heavy atom. The molecule has 6 N–H and O–H groups in total. The third-order valence-corrected chi connectivity index (χ3v) is 14.0. The topological polar surface area (TPSA) is 272 Å². The Labute approximate surface area is 443 Å². The number of esters is 2. The van der Waals surface area contributed by atoms with Gasteiger partial charge < -0.3 is 44.7 Å². The molecule has 0 amide bonds. The lowest BCUT2D eigenvalue weighted by molar-refractivity contribution is -0.0259. The molecule has 4 aromatic heterocycles. The van der Waals surface area contributed by atoms with E-state index in [-0.39, 0.29) is 38.5 Å². The first kappa shape index (κ1) is 54.7. The summed E-state index contributed by atoms with van der Waals surface area (Å²) in [5.41, 5.74) is 7.85. The van der Waals surface area contributed by atoms with Gasteiger partial charge in [0.1, 0.15) is 30.0 Å². The lowest BCUT2D eigenvalue weighted by atomic mass is 9.95. The lowest BCUT2D eigenvalue weighted by Crippen LogP contribution is -2.32. The summed E-state index contributed by atoms with van der Waals surface area (Å²) >= 11 is 6.21. The van der Waals surface area contributed by atoms with Crippen LogP contribution < -0.4 is 20.7 Å². The van der Waals surface area contributed by atoms with Crippen molar-refractivity contribution in [1.29, 1.82) is 0 Å². The molecule has 22 nitrogen and oxygen atoms in total. The molecule has 8 aromatic rings. The van der Waals surface area contributed by atoms with E-state index in [2.05, 4.69) is 46.3 Å². The number of fused-ring (bicyclic) bond motifs is 2. The van der Waals surface area contributed by atoms with Crippen molar-refractivity contribution in [3.8, 4) is 40.0 Å². The number of nitrogens with one attached hydrogen (secondary N) is 5. The van der Waals surface area contributed by atoms with Crippen LogP contribution in [0.15, 0.2) is 84.9 Å². The molecule has 1 saturated carbocycles. The quantitative estimate of drug-likeness (QED) is 0.0160. The van der Waals surface area contributed by atoms with Crippen LogP contribution >= 0.6 is 11.6 Å². The highest BCUT2D eigenvalue weighted by Gasteiger charge is 2.19. The number of carbonyl (C=O) groups is 2. The Balaban J connectivity index is 0.000000206. The van der Waals surface area contributed by atoms with Crippen LogP contribution in [0.1, 0.15) is 81.8 Å². The number of aromatic hydroxyl groups is 1. The maximum absolute atomic E-state index is 12.2. The van der Waals surface area contributed by atoms with Gasteiger partial charge in [-0.2, -0.15) is 13.0 Å². The molecule has 0 atom stereocenters. The average molecular weight is 1080 g/mol. The first-order valence-electron chi connectivity index (χ1n) is 24.5. The first-order valence-corrected chi connectivity index (χ1v) is 26.4. The molecule has 0 aliphatic heterocycles. The van der Waals surface area contributed by atoms with E-state index in [1.165, 1.54) is 39.2 Å². The number of anilines is 2. The lowest BCUT2D eigenvalue weighted by Gasteiger charge is -2.22. The summed E-state index contributed by atoms with van der Waals surface area (Å²) in [6.07, 6.45) is 6.69. The predicted octanol–water partition coefficient (Wildman–Crippen LogP) is 8.82. The molecule has 4 heterocycles. The van der Waals surface area contributed by atoms with Crippen molar-refractivity contribution in [2.75, 3.05) is 57.1 Å². The molecule has 1 aliphatic rings. The number of aryl methyl sites for hydroxylation is 4. The largest absolute Gasteiger partial charge is 0.507 e. The van der Waals surface area contributed by atoms with E-state index in [0.29, 0.717) is 80.7 Å². The highest BCUT2D eigenvalue weighted by atomic mass is 35.5. The summed E-state index contributed by atoms with van der Waals surface area (Å²) in [6.45, 7) is 7.51. The van der Waals surface area contributed by atoms with Crippen molar-refractivity contribution < 1.29 is 51.0 Å². The van der Waals surface area contributed by atoms with Crippen molar-refractivity contribution in [2.45, 2.75) is 72.3 Å². The molecule has 402 valence electrons. The minimum Gasteiger partial charge on any atom is -0.507 e. The zero-order valence-electron chi connectivity index (χ0n) is 42.6. The van der Waals surface area contributed by atoms with E-state index in [0.717, 1.165) is 33.9 Å². The fourth-order valence-electron chi connectivity index (χ4n) is 8.19. The average Bonchev–Trinajstić information content (AvgIpc) is 4.18. The second-order valence-electron chi connectivity index (χ2n) is 17.9. The van der Waals surface area contributed by atoms with Crippen molar-refractivity contribution in [3.05, 3.63) is 124 Å². The van der Waals surface area contributed by atoms with E-state index in [4.69, 9.17) is 39.5 Å². The van der Waals surface area contributed by atoms with E-state index in [1.807, 2.05) is 62.4 Å². The summed E-state index contributed by atoms with van der Waals surface area (Å²) in [6, 6.07) is 25.2. The van der Waals surface area contributed by atoms with Gasteiger partial charge in [0.05, 0.1) is 35.4 Å². The number of H-pyrrole nitrogens is 2. The number of nitrogens with zero attached hydrogens (tertiary/aromatic N) is 6. The van der Waals surface area contributed by atoms with Crippen LogP contribution in [0.2, 0.25) is 5.02 Å². The second kappa shape index (κ2) is 25.3. The van der Waals surface area contributed by atoms with Crippen LogP contribution in [0.3, 0.4) is 0 Å². The van der Waals surface area contributed by atoms with Gasteiger partial charge in [0, 0.05) is 28.5 Å². The van der Waals surface area contributed by atoms with Gasteiger partial charge in [-0.05, 0) is 150 Å². The molecule has 0 radical (unpaired) electrons. The molecule has 24 heteroatoms. The number of methoxy groups -OCH3 is 1. The molecule has 0 bridgehead atoms. The van der Waals surface area contributed by atoms with Crippen LogP contribution in [-0.4, -0.2) is 118 Å². The van der Waals surface area contributed by atoms with Crippen molar-refractivity contribution in [2.24, 2.45) is 0 Å². The Bertz CT molecular complexity index is 3330. The van der Waals surface area contributed by atoms with Gasteiger partial charge in [-0.25, -0.2) is 23.7 Å². The third-order valence-electron chi connectivity index (χ3n) is 12.3. The minimum absolute atomic E-state index is 0.0213. The normalized spacial score (nSPS) is 12.9. The molecule has 1 fully saturated rings. The number of carbonyl (C=O) groups excluding carboxylic acids is 2. The summed E-state index contributed by atoms with van der Waals surface area (Å²) in [4.78, 5) is 33.0. The van der Waals surface area contributed by atoms with Crippen LogP contribution in [0.4, 0.5) is 11.4 Å². The number of halogens is 1. The number of ether oxygens (including phenoxy) is 5. The number of phenolic OH excluding ortho intramolecular Hbond substituents is 1. The summed E-state index contributed by atoms with van der Waals surface area (Å²) in [5, 5.41) is 35.1. The number of hydrogen-bond donors (Lipinski definition) is 6. The van der Waals surface area contributed by atoms with Gasteiger partial charge in [0.15, 0.2) is 36.6 Å². The fraction of sp³-hybridized carbons (Fsp3) is 0.346. The van der Waals surface area contributed by atoms with Crippen LogP contribution in [-0.2, 0) is 33.2 Å². The van der Waals surface area contributed by atoms with Crippen LogP contribution in [0.25, 0.3) is 34.1 Å². The molecular formula is C52H60ClN11O11S. The molecule has 9 rings (SSSR count). The highest BCUT2D eigenvalue weighted by molar-refractivity contribution is 7.86. The highest BCUT2D eigenvalue weighted by Crippen LogP contribution is 2.31. The number of benzene rings is 4. The molecule has 1 aliphatic carbocycles. The van der Waals surface area contributed by atoms with Crippen molar-refractivity contribution in [3.63, 3.8) is 0 Å². The predicted molar refractivity (Wildman–Crippen MR) is 284 cm³/mol. The van der Waals surface area contributed by atoms with Gasteiger partial charge in [0.25, 0.3) is 10.1 Å². The summed E-state index contributed by atoms with van der Waals surface area (Å²) in [7, 11) is -2.27. The Kier molecular flexibility index (Phi) is 18.2. The van der Waals surface area contributed by atoms with Crippen LogP contribution in [0, 0.1) is 27.7 Å². The Morgan fingerprint density at radius 2 is 1.30 bits per heavy atom. The third kappa shape index (κ3) is 14.2. The smallest absolute Gasteiger partial charge is 0.340 e. The first-order chi connectivity index (χ1) is 36.6. The van der Waals surface area contributed by atoms with Gasteiger partial charge in [-0.3, -0.25) is 10.2 Å². The molecular weight excluding hydrogens is 1020 g/mol. The van der Waals surface area contributed by atoms with E-state index < -0.39 is 22.1 Å². The van der Waals surface area contributed by atoms with Gasteiger partial charge in [0.2, 0.25) is 5.65 Å². The van der Waals surface area contributed by atoms with Crippen molar-refractivity contribution in [1.82, 2.24) is 44.9 Å². The van der Waals surface area contributed by atoms with Gasteiger partial charge in [-0.1, -0.05) is 30.9 Å². The molecule has 0 unspecified atom stereocenters. The SMILES string of the molecule is COC(=O)c1ccc(Oc2c(C)[nH]n3nc(-c4ccc(NCOCOC(=O)c5cc(C)c(O)c(C)c5)cc4)nc23)cc1.Cc1[nH]n2nc(-c3ccc(NCOCOS(=O)(=O)CCCNC4CCCCC4)cc3)nc2c1Cl. The summed E-state index contributed by atoms with van der Waals surface area (Å²) in [5.74, 6) is 1.30. The van der Waals surface area contributed by atoms with E-state index in [9.17, 15) is 23.1 Å². The van der Waals surface area contributed by atoms with Crippen molar-refractivity contribution >= 4 is 56.3 Å².